The number of likely N-dealkylation sites (tertiary alicyclic amines) is 1. The largest absolute Gasteiger partial charge is 0.305 e. The molecule has 2 nitrogen and oxygen atoms in total. The first-order valence-corrected chi connectivity index (χ1v) is 4.46. The molecule has 0 aromatic carbocycles. The van der Waals surface area contributed by atoms with Gasteiger partial charge >= 0.3 is 0 Å². The third-order valence-corrected chi connectivity index (χ3v) is 2.79. The first kappa shape index (κ1) is 9.01. The average Bonchev–Trinajstić information content (AvgIpc) is 1.94. The molecule has 11 heavy (non-hydrogen) atoms. The predicted octanol–water partition coefficient (Wildman–Crippen LogP) is 0.888. The van der Waals surface area contributed by atoms with E-state index in [9.17, 15) is 0 Å². The lowest BCUT2D eigenvalue weighted by Gasteiger charge is -2.38. The van der Waals surface area contributed by atoms with Crippen LogP contribution in [0.25, 0.3) is 0 Å². The molecule has 0 saturated carbocycles. The summed E-state index contributed by atoms with van der Waals surface area (Å²) in [6.45, 7) is 4.86. The van der Waals surface area contributed by atoms with Gasteiger partial charge in [0, 0.05) is 12.6 Å². The summed E-state index contributed by atoms with van der Waals surface area (Å²) < 4.78 is 0. The molecule has 0 spiro atoms. The molecule has 1 aliphatic rings. The van der Waals surface area contributed by atoms with Gasteiger partial charge in [-0.25, -0.2) is 0 Å². The van der Waals surface area contributed by atoms with E-state index in [1.807, 2.05) is 0 Å². The molecule has 0 bridgehead atoms. The fourth-order valence-corrected chi connectivity index (χ4v) is 1.88. The van der Waals surface area contributed by atoms with Crippen LogP contribution in [0.2, 0.25) is 0 Å². The topological polar surface area (TPSA) is 6.48 Å². The summed E-state index contributed by atoms with van der Waals surface area (Å²) in [5.74, 6) is 0.862. The standard InChI is InChI=1S/C9H20N2/c1-8-5-6-11(4)7-9(8)10(2)3/h8-9H,5-7H2,1-4H3. The molecule has 0 N–H and O–H groups in total. The van der Waals surface area contributed by atoms with Crippen molar-refractivity contribution >= 4 is 0 Å². The molecule has 1 heterocycles. The number of nitrogens with zero attached hydrogens (tertiary/aromatic N) is 2. The Hall–Kier alpha value is -0.0800. The quantitative estimate of drug-likeness (QED) is 0.556. The van der Waals surface area contributed by atoms with E-state index in [0.717, 1.165) is 12.0 Å². The first-order chi connectivity index (χ1) is 5.11. The van der Waals surface area contributed by atoms with E-state index < -0.39 is 0 Å². The molecule has 1 fully saturated rings. The van der Waals surface area contributed by atoms with Gasteiger partial charge in [-0.3, -0.25) is 0 Å². The number of rotatable bonds is 1. The van der Waals surface area contributed by atoms with E-state index in [4.69, 9.17) is 0 Å². The van der Waals surface area contributed by atoms with Gasteiger partial charge in [0.15, 0.2) is 0 Å². The summed E-state index contributed by atoms with van der Waals surface area (Å²) in [6.07, 6.45) is 1.35. The summed E-state index contributed by atoms with van der Waals surface area (Å²) in [7, 11) is 6.57. The Bertz CT molecular complexity index is 123. The van der Waals surface area contributed by atoms with Gasteiger partial charge in [0.2, 0.25) is 0 Å². The molecule has 0 aromatic heterocycles. The van der Waals surface area contributed by atoms with Gasteiger partial charge in [-0.15, -0.1) is 0 Å². The van der Waals surface area contributed by atoms with Crippen molar-refractivity contribution in [3.63, 3.8) is 0 Å². The zero-order valence-corrected chi connectivity index (χ0v) is 8.17. The maximum atomic E-state index is 2.42. The monoisotopic (exact) mass is 156 g/mol. The van der Waals surface area contributed by atoms with Gasteiger partial charge in [0.1, 0.15) is 0 Å². The third kappa shape index (κ3) is 2.17. The molecule has 0 aromatic rings. The number of likely N-dealkylation sites (N-methyl/N-ethyl adjacent to an activating group) is 2. The van der Waals surface area contributed by atoms with Crippen LogP contribution in [0.4, 0.5) is 0 Å². The van der Waals surface area contributed by atoms with Crippen molar-refractivity contribution in [3.05, 3.63) is 0 Å². The molecule has 0 amide bonds. The molecule has 2 unspecified atom stereocenters. The second-order valence-corrected chi connectivity index (χ2v) is 4.06. The molecular weight excluding hydrogens is 136 g/mol. The normalized spacial score (nSPS) is 34.6. The van der Waals surface area contributed by atoms with Gasteiger partial charge in [-0.1, -0.05) is 6.92 Å². The highest BCUT2D eigenvalue weighted by atomic mass is 15.2. The highest BCUT2D eigenvalue weighted by molar-refractivity contribution is 4.81. The van der Waals surface area contributed by atoms with E-state index in [0.29, 0.717) is 0 Å². The fraction of sp³-hybridized carbons (Fsp3) is 1.00. The van der Waals surface area contributed by atoms with Crippen LogP contribution in [-0.2, 0) is 0 Å². The third-order valence-electron chi connectivity index (χ3n) is 2.79. The zero-order chi connectivity index (χ0) is 8.43. The van der Waals surface area contributed by atoms with Gasteiger partial charge in [-0.05, 0) is 40.0 Å². The second kappa shape index (κ2) is 3.55. The SMILES string of the molecule is CC1CCN(C)CC1N(C)C. The van der Waals surface area contributed by atoms with Crippen molar-refractivity contribution in [2.45, 2.75) is 19.4 Å². The molecule has 66 valence electrons. The molecule has 2 heteroatoms. The smallest absolute Gasteiger partial charge is 0.0243 e. The van der Waals surface area contributed by atoms with Crippen molar-refractivity contribution < 1.29 is 0 Å². The van der Waals surface area contributed by atoms with Crippen LogP contribution >= 0.6 is 0 Å². The molecule has 0 aliphatic carbocycles. The summed E-state index contributed by atoms with van der Waals surface area (Å²) in [6, 6.07) is 0.758. The molecule has 2 atom stereocenters. The molecular formula is C9H20N2. The van der Waals surface area contributed by atoms with Crippen molar-refractivity contribution in [2.75, 3.05) is 34.2 Å². The Balaban J connectivity index is 2.47. The fourth-order valence-electron chi connectivity index (χ4n) is 1.88. The van der Waals surface area contributed by atoms with Gasteiger partial charge in [0.05, 0.1) is 0 Å². The molecule has 1 aliphatic heterocycles. The van der Waals surface area contributed by atoms with E-state index in [-0.39, 0.29) is 0 Å². The van der Waals surface area contributed by atoms with Gasteiger partial charge in [0.25, 0.3) is 0 Å². The highest BCUT2D eigenvalue weighted by Crippen LogP contribution is 2.18. The minimum atomic E-state index is 0.758. The van der Waals surface area contributed by atoms with E-state index >= 15 is 0 Å². The molecule has 1 saturated heterocycles. The number of piperidine rings is 1. The van der Waals surface area contributed by atoms with E-state index in [2.05, 4.69) is 37.9 Å². The van der Waals surface area contributed by atoms with Crippen LogP contribution in [0.5, 0.6) is 0 Å². The van der Waals surface area contributed by atoms with Gasteiger partial charge < -0.3 is 9.80 Å². The molecule has 1 rings (SSSR count). The summed E-state index contributed by atoms with van der Waals surface area (Å²) in [4.78, 5) is 4.77. The Labute approximate surface area is 70.2 Å². The number of hydrogen-bond donors (Lipinski definition) is 0. The summed E-state index contributed by atoms with van der Waals surface area (Å²) >= 11 is 0. The minimum Gasteiger partial charge on any atom is -0.305 e. The van der Waals surface area contributed by atoms with Crippen LogP contribution in [0.1, 0.15) is 13.3 Å². The Morgan fingerprint density at radius 2 is 2.00 bits per heavy atom. The van der Waals surface area contributed by atoms with Crippen molar-refractivity contribution in [3.8, 4) is 0 Å². The van der Waals surface area contributed by atoms with Crippen LogP contribution in [-0.4, -0.2) is 50.1 Å². The van der Waals surface area contributed by atoms with Crippen LogP contribution in [0, 0.1) is 5.92 Å². The van der Waals surface area contributed by atoms with Gasteiger partial charge in [-0.2, -0.15) is 0 Å². The van der Waals surface area contributed by atoms with Crippen LogP contribution in [0.15, 0.2) is 0 Å². The van der Waals surface area contributed by atoms with E-state index in [1.165, 1.54) is 19.5 Å². The lowest BCUT2D eigenvalue weighted by atomic mass is 9.93. The zero-order valence-electron chi connectivity index (χ0n) is 8.17. The summed E-state index contributed by atoms with van der Waals surface area (Å²) in [5.41, 5.74) is 0. The van der Waals surface area contributed by atoms with Crippen molar-refractivity contribution in [1.29, 1.82) is 0 Å². The lowest BCUT2D eigenvalue weighted by Crippen LogP contribution is -2.48. The maximum absolute atomic E-state index is 2.42. The predicted molar refractivity (Wildman–Crippen MR) is 48.8 cm³/mol. The Morgan fingerprint density at radius 3 is 2.45 bits per heavy atom. The van der Waals surface area contributed by atoms with Crippen molar-refractivity contribution in [2.24, 2.45) is 5.92 Å². The Morgan fingerprint density at radius 1 is 1.36 bits per heavy atom. The summed E-state index contributed by atoms with van der Waals surface area (Å²) in [5, 5.41) is 0. The average molecular weight is 156 g/mol. The van der Waals surface area contributed by atoms with Crippen molar-refractivity contribution in [1.82, 2.24) is 9.80 Å². The highest BCUT2D eigenvalue weighted by Gasteiger charge is 2.25. The van der Waals surface area contributed by atoms with Crippen LogP contribution < -0.4 is 0 Å². The Kier molecular flexibility index (Phi) is 2.90. The first-order valence-electron chi connectivity index (χ1n) is 4.46. The lowest BCUT2D eigenvalue weighted by molar-refractivity contribution is 0.107. The molecule has 0 radical (unpaired) electrons. The van der Waals surface area contributed by atoms with Crippen LogP contribution in [0.3, 0.4) is 0 Å². The minimum absolute atomic E-state index is 0.758. The van der Waals surface area contributed by atoms with E-state index in [1.54, 1.807) is 0 Å². The number of hydrogen-bond acceptors (Lipinski definition) is 2. The maximum Gasteiger partial charge on any atom is 0.0243 e. The second-order valence-electron chi connectivity index (χ2n) is 4.06.